The predicted octanol–water partition coefficient (Wildman–Crippen LogP) is 8.65. The standard InChI is InChI=1S/C22H20N.C12H17N2.Fe/c1-3-23-21-15-14-17(2)16-20(21)22(18-10-6-4-7-11-18)19-12-8-5-9-13-19;1-3-4-6-9-13-11(2)12-8-5-7-10-14-12;/h4-16,22H,1-2H3;5,7-8H,3-4,6,9H2,1-2H3;/q2*-1;+2. The van der Waals surface area contributed by atoms with E-state index in [9.17, 15) is 0 Å². The van der Waals surface area contributed by atoms with Crippen LogP contribution in [-0.4, -0.2) is 23.5 Å². The van der Waals surface area contributed by atoms with Gasteiger partial charge in [0.05, 0.1) is 0 Å². The molecular formula is C34H37FeN3. The van der Waals surface area contributed by atoms with Crippen LogP contribution < -0.4 is 0 Å². The Morgan fingerprint density at radius 1 is 0.895 bits per heavy atom. The molecule has 4 heteroatoms. The van der Waals surface area contributed by atoms with Crippen LogP contribution in [0.25, 0.3) is 0 Å². The summed E-state index contributed by atoms with van der Waals surface area (Å²) < 4.78 is 0. The molecule has 3 nitrogen and oxygen atoms in total. The first-order valence-corrected chi connectivity index (χ1v) is 13.1. The Morgan fingerprint density at radius 2 is 1.55 bits per heavy atom. The van der Waals surface area contributed by atoms with Crippen LogP contribution in [0.4, 0.5) is 5.69 Å². The van der Waals surface area contributed by atoms with Gasteiger partial charge in [0, 0.05) is 18.2 Å². The molecule has 0 fully saturated rings. The van der Waals surface area contributed by atoms with Crippen LogP contribution in [0.5, 0.6) is 0 Å². The van der Waals surface area contributed by atoms with E-state index in [1.807, 2.05) is 26.0 Å². The van der Waals surface area contributed by atoms with Crippen LogP contribution in [0.1, 0.15) is 73.9 Å². The van der Waals surface area contributed by atoms with Crippen LogP contribution in [0.3, 0.4) is 0 Å². The quantitative estimate of drug-likeness (QED) is 0.0684. The van der Waals surface area contributed by atoms with Crippen molar-refractivity contribution in [2.75, 3.05) is 6.54 Å². The Morgan fingerprint density at radius 3 is 2.11 bits per heavy atom. The molecule has 0 radical (unpaired) electrons. The summed E-state index contributed by atoms with van der Waals surface area (Å²) in [7, 11) is 0. The van der Waals surface area contributed by atoms with Crippen molar-refractivity contribution in [3.63, 3.8) is 0 Å². The topological polar surface area (TPSA) is 37.6 Å². The Bertz CT molecular complexity index is 1210. The van der Waals surface area contributed by atoms with Gasteiger partial charge in [-0.3, -0.25) is 0 Å². The van der Waals surface area contributed by atoms with Gasteiger partial charge in [0.2, 0.25) is 0 Å². The van der Waals surface area contributed by atoms with Gasteiger partial charge in [-0.05, 0) is 37.1 Å². The molecule has 0 aliphatic heterocycles. The molecule has 196 valence electrons. The van der Waals surface area contributed by atoms with Crippen molar-refractivity contribution in [1.29, 1.82) is 0 Å². The van der Waals surface area contributed by atoms with Crippen LogP contribution in [-0.2, 0) is 17.1 Å². The first-order chi connectivity index (χ1) is 18.1. The van der Waals surface area contributed by atoms with E-state index in [4.69, 9.17) is 0 Å². The van der Waals surface area contributed by atoms with Crippen molar-refractivity contribution in [3.05, 3.63) is 131 Å². The van der Waals surface area contributed by atoms with Gasteiger partial charge >= 0.3 is 17.1 Å². The minimum atomic E-state index is 0. The maximum atomic E-state index is 4.47. The molecule has 1 aromatic heterocycles. The van der Waals surface area contributed by atoms with Crippen LogP contribution in [0.15, 0.2) is 107 Å². The average Bonchev–Trinajstić information content (AvgIpc) is 2.95. The fourth-order valence-electron chi connectivity index (χ4n) is 4.19. The fourth-order valence-corrected chi connectivity index (χ4v) is 4.19. The van der Waals surface area contributed by atoms with Gasteiger partial charge in [0.25, 0.3) is 0 Å². The van der Waals surface area contributed by atoms with Gasteiger partial charge in [-0.15, -0.1) is 19.1 Å². The van der Waals surface area contributed by atoms with E-state index in [0.29, 0.717) is 0 Å². The van der Waals surface area contributed by atoms with Crippen LogP contribution in [0.2, 0.25) is 0 Å². The zero-order chi connectivity index (χ0) is 26.3. The maximum absolute atomic E-state index is 4.47. The molecule has 0 amide bonds. The third-order valence-electron chi connectivity index (χ3n) is 6.08. The molecule has 0 saturated heterocycles. The number of nitrogens with zero attached hydrogens (tertiary/aromatic N) is 3. The molecule has 0 spiro atoms. The van der Waals surface area contributed by atoms with Crippen molar-refractivity contribution < 1.29 is 17.1 Å². The number of pyridine rings is 1. The number of benzene rings is 3. The van der Waals surface area contributed by atoms with E-state index in [0.717, 1.165) is 23.6 Å². The maximum Gasteiger partial charge on any atom is 2.00 e. The van der Waals surface area contributed by atoms with Gasteiger partial charge in [0.15, 0.2) is 0 Å². The van der Waals surface area contributed by atoms with E-state index >= 15 is 0 Å². The van der Waals surface area contributed by atoms with Crippen LogP contribution >= 0.6 is 0 Å². The van der Waals surface area contributed by atoms with Crippen LogP contribution in [0, 0.1) is 13.1 Å². The SMILES string of the molecule is CCCCCN=C(C)c1ccc[c-]n1.C[C-]=Nc1ccc(C)cc1C(c1ccccc1)c1ccccc1.[Fe+2]. The molecule has 4 aromatic rings. The Kier molecular flexibility index (Phi) is 14.0. The first-order valence-electron chi connectivity index (χ1n) is 13.1. The van der Waals surface area contributed by atoms with Gasteiger partial charge < -0.3 is 15.0 Å². The molecule has 0 saturated carbocycles. The minimum Gasteiger partial charge on any atom is -0.456 e. The van der Waals surface area contributed by atoms with E-state index < -0.39 is 0 Å². The second-order valence-corrected chi connectivity index (χ2v) is 8.98. The molecule has 3 aromatic carbocycles. The minimum absolute atomic E-state index is 0. The molecule has 0 aliphatic rings. The third-order valence-corrected chi connectivity index (χ3v) is 6.08. The number of aryl methyl sites for hydroxylation is 1. The summed E-state index contributed by atoms with van der Waals surface area (Å²) in [5, 5.41) is 0. The molecule has 0 N–H and O–H groups in total. The summed E-state index contributed by atoms with van der Waals surface area (Å²) in [5.74, 6) is 0.171. The number of rotatable bonds is 9. The fraction of sp³-hybridized carbons (Fsp3) is 0.265. The number of aromatic nitrogens is 1. The summed E-state index contributed by atoms with van der Waals surface area (Å²) >= 11 is 0. The smallest absolute Gasteiger partial charge is 0.456 e. The van der Waals surface area contributed by atoms with Gasteiger partial charge in [0.1, 0.15) is 0 Å². The van der Waals surface area contributed by atoms with Gasteiger partial charge in [-0.25, -0.2) is 0 Å². The molecule has 1 heterocycles. The largest absolute Gasteiger partial charge is 2.00 e. The summed E-state index contributed by atoms with van der Waals surface area (Å²) in [6.45, 7) is 9.08. The van der Waals surface area contributed by atoms with Crippen molar-refractivity contribution >= 4 is 17.6 Å². The van der Waals surface area contributed by atoms with Crippen molar-refractivity contribution in [3.8, 4) is 0 Å². The predicted molar refractivity (Wildman–Crippen MR) is 157 cm³/mol. The molecule has 0 unspecified atom stereocenters. The van der Waals surface area contributed by atoms with Crippen molar-refractivity contribution in [1.82, 2.24) is 4.98 Å². The zero-order valence-electron chi connectivity index (χ0n) is 22.8. The molecule has 4 rings (SSSR count). The molecule has 0 bridgehead atoms. The average molecular weight is 544 g/mol. The zero-order valence-corrected chi connectivity index (χ0v) is 23.9. The Balaban J connectivity index is 0.000000292. The van der Waals surface area contributed by atoms with E-state index in [1.165, 1.54) is 41.5 Å². The van der Waals surface area contributed by atoms with E-state index in [-0.39, 0.29) is 23.0 Å². The summed E-state index contributed by atoms with van der Waals surface area (Å²) in [4.78, 5) is 13.1. The van der Waals surface area contributed by atoms with E-state index in [1.54, 1.807) is 6.07 Å². The molecule has 0 aliphatic carbocycles. The van der Waals surface area contributed by atoms with Gasteiger partial charge in [-0.2, -0.15) is 18.3 Å². The summed E-state index contributed by atoms with van der Waals surface area (Å²) in [6, 6.07) is 33.3. The molecule has 38 heavy (non-hydrogen) atoms. The molecular weight excluding hydrogens is 506 g/mol. The molecule has 0 atom stereocenters. The monoisotopic (exact) mass is 543 g/mol. The second kappa shape index (κ2) is 17.2. The number of hydrogen-bond acceptors (Lipinski definition) is 3. The second-order valence-electron chi connectivity index (χ2n) is 8.98. The summed E-state index contributed by atoms with van der Waals surface area (Å²) in [5.41, 5.74) is 7.94. The first kappa shape index (κ1) is 30.9. The van der Waals surface area contributed by atoms with Gasteiger partial charge in [-0.1, -0.05) is 116 Å². The van der Waals surface area contributed by atoms with Crippen molar-refractivity contribution in [2.24, 2.45) is 9.98 Å². The Hall–Kier alpha value is -3.33. The van der Waals surface area contributed by atoms with Crippen molar-refractivity contribution in [2.45, 2.75) is 52.9 Å². The summed E-state index contributed by atoms with van der Waals surface area (Å²) in [6.07, 6.45) is 9.41. The van der Waals surface area contributed by atoms with E-state index in [2.05, 4.69) is 120 Å². The third kappa shape index (κ3) is 9.52. The number of unbranched alkanes of at least 4 members (excludes halogenated alkanes) is 2. The normalized spacial score (nSPS) is 11.1. The number of aliphatic imine (C=N–C) groups is 2. The Labute approximate surface area is 239 Å². The number of hydrogen-bond donors (Lipinski definition) is 0.